The Morgan fingerprint density at radius 3 is 2.51 bits per heavy atom. The molecule has 2 aromatic heterocycles. The minimum absolute atomic E-state index is 0.0232. The molecular formula is C28H29N3O4. The molecule has 0 radical (unpaired) electrons. The average molecular weight is 472 g/mol. The van der Waals surface area contributed by atoms with E-state index in [4.69, 9.17) is 4.74 Å². The van der Waals surface area contributed by atoms with Crippen LogP contribution in [0.2, 0.25) is 0 Å². The van der Waals surface area contributed by atoms with E-state index in [1.807, 2.05) is 54.6 Å². The molecule has 35 heavy (non-hydrogen) atoms. The molecule has 0 atom stereocenters. The van der Waals surface area contributed by atoms with Crippen molar-refractivity contribution in [2.75, 3.05) is 0 Å². The Morgan fingerprint density at radius 1 is 1.06 bits per heavy atom. The summed E-state index contributed by atoms with van der Waals surface area (Å²) in [5.74, 6) is 0.205. The lowest BCUT2D eigenvalue weighted by Gasteiger charge is -2.21. The molecule has 1 aliphatic rings. The number of nitrogens with one attached hydrogen (secondary N) is 1. The minimum atomic E-state index is -1.12. The second kappa shape index (κ2) is 10.2. The number of carboxylic acids is 1. The zero-order valence-electron chi connectivity index (χ0n) is 19.6. The van der Waals surface area contributed by atoms with E-state index in [1.165, 1.54) is 42.8 Å². The number of nitrogens with zero attached hydrogens (tertiary/aromatic N) is 2. The van der Waals surface area contributed by atoms with Crippen LogP contribution in [0.3, 0.4) is 0 Å². The average Bonchev–Trinajstić information content (AvgIpc) is 3.33. The number of fused-ring (bicyclic) bond motifs is 1. The van der Waals surface area contributed by atoms with Crippen LogP contribution in [0.25, 0.3) is 16.9 Å². The smallest absolute Gasteiger partial charge is 0.341 e. The summed E-state index contributed by atoms with van der Waals surface area (Å²) in [4.78, 5) is 29.8. The molecule has 1 aliphatic carbocycles. The lowest BCUT2D eigenvalue weighted by atomic mass is 9.85. The summed E-state index contributed by atoms with van der Waals surface area (Å²) in [7, 11) is 0. The SMILES string of the molecule is O=C(O)c1c[nH]n2c(=O)c(CCC3CCCCC3)c(-c3ccc(OCc4ccccc4)cc3)nc12. The van der Waals surface area contributed by atoms with Gasteiger partial charge in [-0.3, -0.25) is 9.89 Å². The van der Waals surface area contributed by atoms with Crippen LogP contribution in [0.1, 0.15) is 60.0 Å². The molecule has 5 rings (SSSR count). The fraction of sp³-hybridized carbons (Fsp3) is 0.321. The highest BCUT2D eigenvalue weighted by Crippen LogP contribution is 2.30. The highest BCUT2D eigenvalue weighted by molar-refractivity contribution is 5.94. The number of aromatic amines is 1. The number of benzene rings is 2. The van der Waals surface area contributed by atoms with Crippen LogP contribution < -0.4 is 10.3 Å². The van der Waals surface area contributed by atoms with Gasteiger partial charge in [0.05, 0.1) is 5.69 Å². The van der Waals surface area contributed by atoms with Gasteiger partial charge < -0.3 is 9.84 Å². The predicted molar refractivity (Wildman–Crippen MR) is 134 cm³/mol. The normalized spacial score (nSPS) is 14.3. The maximum atomic E-state index is 13.4. The summed E-state index contributed by atoms with van der Waals surface area (Å²) >= 11 is 0. The molecule has 0 unspecified atom stereocenters. The standard InChI is InChI=1S/C28H29N3O4/c32-27-23(16-11-19-7-3-1-4-8-19)25(30-26-24(28(33)34)17-29-31(26)27)21-12-14-22(15-13-21)35-18-20-9-5-2-6-10-20/h2,5-6,9-10,12-15,17,19,29H,1,3-4,7-8,11,16,18H2,(H,33,34). The Balaban J connectivity index is 1.47. The highest BCUT2D eigenvalue weighted by Gasteiger charge is 2.22. The number of carbonyl (C=O) groups is 1. The van der Waals surface area contributed by atoms with Crippen molar-refractivity contribution in [2.24, 2.45) is 5.92 Å². The first-order chi connectivity index (χ1) is 17.1. The first-order valence-electron chi connectivity index (χ1n) is 12.2. The zero-order chi connectivity index (χ0) is 24.2. The van der Waals surface area contributed by atoms with Crippen LogP contribution in [0, 0.1) is 5.92 Å². The molecule has 1 fully saturated rings. The lowest BCUT2D eigenvalue weighted by Crippen LogP contribution is -2.23. The molecule has 2 N–H and O–H groups in total. The van der Waals surface area contributed by atoms with Gasteiger partial charge in [-0.25, -0.2) is 14.3 Å². The van der Waals surface area contributed by atoms with Gasteiger partial charge in [0.25, 0.3) is 5.56 Å². The molecule has 7 heteroatoms. The summed E-state index contributed by atoms with van der Waals surface area (Å²) in [5.41, 5.74) is 2.88. The molecule has 2 aromatic carbocycles. The number of hydrogen-bond acceptors (Lipinski definition) is 4. The fourth-order valence-corrected chi connectivity index (χ4v) is 4.95. The van der Waals surface area contributed by atoms with E-state index in [9.17, 15) is 14.7 Å². The number of aromatic nitrogens is 3. The Kier molecular flexibility index (Phi) is 6.66. The van der Waals surface area contributed by atoms with E-state index in [2.05, 4.69) is 10.1 Å². The Morgan fingerprint density at radius 2 is 1.80 bits per heavy atom. The summed E-state index contributed by atoms with van der Waals surface area (Å²) in [5, 5.41) is 12.3. The van der Waals surface area contributed by atoms with Crippen molar-refractivity contribution in [3.63, 3.8) is 0 Å². The maximum Gasteiger partial charge on any atom is 0.341 e. The van der Waals surface area contributed by atoms with E-state index in [0.29, 0.717) is 36.0 Å². The Labute approximate surface area is 203 Å². The van der Waals surface area contributed by atoms with Gasteiger partial charge in [-0.05, 0) is 48.6 Å². The fourth-order valence-electron chi connectivity index (χ4n) is 4.95. The molecule has 180 valence electrons. The number of H-pyrrole nitrogens is 1. The summed E-state index contributed by atoms with van der Waals surface area (Å²) < 4.78 is 7.15. The van der Waals surface area contributed by atoms with Gasteiger partial charge in [-0.1, -0.05) is 62.4 Å². The van der Waals surface area contributed by atoms with Crippen LogP contribution in [0.5, 0.6) is 5.75 Å². The number of aromatic carboxylic acids is 1. The topological polar surface area (TPSA) is 96.7 Å². The number of hydrogen-bond donors (Lipinski definition) is 2. The lowest BCUT2D eigenvalue weighted by molar-refractivity contribution is 0.0698. The van der Waals surface area contributed by atoms with Crippen molar-refractivity contribution in [3.8, 4) is 17.0 Å². The van der Waals surface area contributed by atoms with Crippen LogP contribution in [-0.4, -0.2) is 25.7 Å². The van der Waals surface area contributed by atoms with Crippen molar-refractivity contribution in [1.82, 2.24) is 14.6 Å². The molecule has 0 amide bonds. The van der Waals surface area contributed by atoms with Gasteiger partial charge in [0, 0.05) is 17.3 Å². The van der Waals surface area contributed by atoms with E-state index in [-0.39, 0.29) is 16.8 Å². The first kappa shape index (κ1) is 22.9. The second-order valence-electron chi connectivity index (χ2n) is 9.24. The predicted octanol–water partition coefficient (Wildman–Crippen LogP) is 5.48. The van der Waals surface area contributed by atoms with Crippen molar-refractivity contribution in [2.45, 2.75) is 51.6 Å². The molecule has 7 nitrogen and oxygen atoms in total. The van der Waals surface area contributed by atoms with Crippen LogP contribution >= 0.6 is 0 Å². The number of ether oxygens (including phenoxy) is 1. The third kappa shape index (κ3) is 4.99. The van der Waals surface area contributed by atoms with Gasteiger partial charge in [0.1, 0.15) is 17.9 Å². The van der Waals surface area contributed by atoms with Gasteiger partial charge >= 0.3 is 5.97 Å². The third-order valence-corrected chi connectivity index (χ3v) is 6.89. The van der Waals surface area contributed by atoms with Crippen molar-refractivity contribution < 1.29 is 14.6 Å². The second-order valence-corrected chi connectivity index (χ2v) is 9.24. The van der Waals surface area contributed by atoms with E-state index in [1.54, 1.807) is 0 Å². The molecular weight excluding hydrogens is 442 g/mol. The van der Waals surface area contributed by atoms with Gasteiger partial charge in [-0.2, -0.15) is 0 Å². The van der Waals surface area contributed by atoms with Gasteiger partial charge in [0.2, 0.25) is 0 Å². The molecule has 1 saturated carbocycles. The third-order valence-electron chi connectivity index (χ3n) is 6.89. The maximum absolute atomic E-state index is 13.4. The zero-order valence-corrected chi connectivity index (χ0v) is 19.6. The Bertz CT molecular complexity index is 1370. The summed E-state index contributed by atoms with van der Waals surface area (Å²) in [6.07, 6.45) is 9.05. The number of carboxylic acid groups (broad SMARTS) is 1. The molecule has 2 heterocycles. The molecule has 0 saturated heterocycles. The Hall–Kier alpha value is -3.87. The van der Waals surface area contributed by atoms with Crippen molar-refractivity contribution in [3.05, 3.63) is 87.8 Å². The quantitative estimate of drug-likeness (QED) is 0.355. The van der Waals surface area contributed by atoms with E-state index < -0.39 is 5.97 Å². The van der Waals surface area contributed by atoms with Crippen molar-refractivity contribution in [1.29, 1.82) is 0 Å². The highest BCUT2D eigenvalue weighted by atomic mass is 16.5. The van der Waals surface area contributed by atoms with Crippen molar-refractivity contribution >= 4 is 11.6 Å². The minimum Gasteiger partial charge on any atom is -0.489 e. The monoisotopic (exact) mass is 471 g/mol. The first-order valence-corrected chi connectivity index (χ1v) is 12.2. The number of rotatable bonds is 8. The van der Waals surface area contributed by atoms with E-state index >= 15 is 0 Å². The van der Waals surface area contributed by atoms with Gasteiger partial charge in [0.15, 0.2) is 5.65 Å². The molecule has 4 aromatic rings. The molecule has 0 spiro atoms. The molecule has 0 aliphatic heterocycles. The largest absolute Gasteiger partial charge is 0.489 e. The van der Waals surface area contributed by atoms with Gasteiger partial charge in [-0.15, -0.1) is 0 Å². The van der Waals surface area contributed by atoms with Crippen LogP contribution in [0.4, 0.5) is 0 Å². The molecule has 0 bridgehead atoms. The summed E-state index contributed by atoms with van der Waals surface area (Å²) in [6.45, 7) is 0.462. The van der Waals surface area contributed by atoms with Crippen LogP contribution in [0.15, 0.2) is 65.6 Å². The van der Waals surface area contributed by atoms with Crippen LogP contribution in [-0.2, 0) is 13.0 Å². The van der Waals surface area contributed by atoms with E-state index in [0.717, 1.165) is 17.5 Å². The summed E-state index contributed by atoms with van der Waals surface area (Å²) in [6, 6.07) is 17.4.